The van der Waals surface area contributed by atoms with Crippen LogP contribution in [0.15, 0.2) is 18.3 Å². The highest BCUT2D eigenvalue weighted by atomic mass is 19.1. The lowest BCUT2D eigenvalue weighted by atomic mass is 9.80. The van der Waals surface area contributed by atoms with Crippen LogP contribution in [-0.4, -0.2) is 33.9 Å². The summed E-state index contributed by atoms with van der Waals surface area (Å²) in [6.45, 7) is 0.683. The smallest absolute Gasteiger partial charge is 0.243 e. The molecule has 1 aliphatic carbocycles. The molecule has 2 aromatic rings. The van der Waals surface area contributed by atoms with Crippen LogP contribution in [0.25, 0.3) is 5.65 Å². The molecule has 6 heteroatoms. The molecular formula is C12H15FN4O. The first-order valence-corrected chi connectivity index (χ1v) is 6.02. The number of nitrogens with one attached hydrogen (secondary N) is 1. The monoisotopic (exact) mass is 250 g/mol. The highest BCUT2D eigenvalue weighted by molar-refractivity contribution is 5.43. The second-order valence-electron chi connectivity index (χ2n) is 4.68. The highest BCUT2D eigenvalue weighted by Gasteiger charge is 2.36. The highest BCUT2D eigenvalue weighted by Crippen LogP contribution is 2.34. The van der Waals surface area contributed by atoms with Gasteiger partial charge in [-0.25, -0.2) is 8.91 Å². The van der Waals surface area contributed by atoms with Gasteiger partial charge in [0.05, 0.1) is 11.8 Å². The number of halogens is 1. The average molecular weight is 250 g/mol. The molecule has 0 saturated heterocycles. The molecule has 3 rings (SSSR count). The number of methoxy groups -OCH3 is 1. The lowest BCUT2D eigenvalue weighted by molar-refractivity contribution is -0.0602. The summed E-state index contributed by atoms with van der Waals surface area (Å²) in [7, 11) is 1.73. The third-order valence-corrected chi connectivity index (χ3v) is 3.56. The van der Waals surface area contributed by atoms with E-state index in [4.69, 9.17) is 4.74 Å². The minimum absolute atomic E-state index is 0.0806. The molecule has 96 valence electrons. The molecule has 1 N–H and O–H groups in total. The number of anilines is 1. The Bertz CT molecular complexity index is 559. The third kappa shape index (κ3) is 1.92. The van der Waals surface area contributed by atoms with Crippen molar-refractivity contribution < 1.29 is 9.13 Å². The van der Waals surface area contributed by atoms with Crippen molar-refractivity contribution in [1.82, 2.24) is 14.6 Å². The van der Waals surface area contributed by atoms with Crippen LogP contribution >= 0.6 is 0 Å². The van der Waals surface area contributed by atoms with E-state index in [-0.39, 0.29) is 11.4 Å². The summed E-state index contributed by atoms with van der Waals surface area (Å²) in [5.41, 5.74) is 0.543. The maximum atomic E-state index is 13.0. The van der Waals surface area contributed by atoms with E-state index < -0.39 is 0 Å². The molecule has 18 heavy (non-hydrogen) atoms. The third-order valence-electron chi connectivity index (χ3n) is 3.56. The largest absolute Gasteiger partial charge is 0.376 e. The van der Waals surface area contributed by atoms with Crippen LogP contribution in [0.2, 0.25) is 0 Å². The standard InChI is InChI=1S/C12H15FN4O/c1-18-12(5-2-6-12)8-14-11-15-10-4-3-9(13)7-17(10)16-11/h3-4,7H,2,5-6,8H2,1H3,(H,14,16). The van der Waals surface area contributed by atoms with Crippen LogP contribution in [0.1, 0.15) is 19.3 Å². The summed E-state index contributed by atoms with van der Waals surface area (Å²) in [5.74, 6) is 0.176. The number of hydrogen-bond acceptors (Lipinski definition) is 4. The quantitative estimate of drug-likeness (QED) is 0.899. The second kappa shape index (κ2) is 4.20. The van der Waals surface area contributed by atoms with Gasteiger partial charge >= 0.3 is 0 Å². The van der Waals surface area contributed by atoms with E-state index in [1.54, 1.807) is 13.2 Å². The predicted octanol–water partition coefficient (Wildman–Crippen LogP) is 1.85. The fraction of sp³-hybridized carbons (Fsp3) is 0.500. The first-order valence-electron chi connectivity index (χ1n) is 6.02. The maximum absolute atomic E-state index is 13.0. The molecule has 0 spiro atoms. The van der Waals surface area contributed by atoms with Gasteiger partial charge in [-0.2, -0.15) is 4.98 Å². The van der Waals surface area contributed by atoms with Gasteiger partial charge in [-0.3, -0.25) is 0 Å². The molecule has 0 radical (unpaired) electrons. The Labute approximate surface area is 104 Å². The first kappa shape index (κ1) is 11.4. The number of hydrogen-bond donors (Lipinski definition) is 1. The van der Waals surface area contributed by atoms with Gasteiger partial charge in [0, 0.05) is 13.7 Å². The van der Waals surface area contributed by atoms with Crippen molar-refractivity contribution in [2.45, 2.75) is 24.9 Å². The molecule has 0 amide bonds. The van der Waals surface area contributed by atoms with Gasteiger partial charge in [0.1, 0.15) is 5.82 Å². The SMILES string of the molecule is COC1(CNc2nc3ccc(F)cn3n2)CCC1. The Morgan fingerprint density at radius 1 is 1.50 bits per heavy atom. The minimum atomic E-state index is -0.327. The Balaban J connectivity index is 1.74. The number of rotatable bonds is 4. The van der Waals surface area contributed by atoms with Crippen molar-refractivity contribution in [1.29, 1.82) is 0 Å². The molecule has 0 aliphatic heterocycles. The number of nitrogens with zero attached hydrogens (tertiary/aromatic N) is 3. The zero-order chi connectivity index (χ0) is 12.6. The zero-order valence-corrected chi connectivity index (χ0v) is 10.2. The van der Waals surface area contributed by atoms with Crippen molar-refractivity contribution in [3.05, 3.63) is 24.1 Å². The second-order valence-corrected chi connectivity index (χ2v) is 4.68. The summed E-state index contributed by atoms with van der Waals surface area (Å²) in [4.78, 5) is 4.27. The Kier molecular flexibility index (Phi) is 2.66. The molecule has 0 unspecified atom stereocenters. The number of aromatic nitrogens is 3. The summed E-state index contributed by atoms with van der Waals surface area (Å²) >= 11 is 0. The normalized spacial score (nSPS) is 17.7. The lowest BCUT2D eigenvalue weighted by Crippen LogP contribution is -2.45. The number of fused-ring (bicyclic) bond motifs is 1. The van der Waals surface area contributed by atoms with Crippen LogP contribution in [-0.2, 0) is 4.74 Å². The summed E-state index contributed by atoms with van der Waals surface area (Å²) in [5, 5.41) is 7.32. The van der Waals surface area contributed by atoms with E-state index in [2.05, 4.69) is 15.4 Å². The fourth-order valence-corrected chi connectivity index (χ4v) is 2.20. The molecule has 0 atom stereocenters. The van der Waals surface area contributed by atoms with Gasteiger partial charge in [-0.05, 0) is 31.4 Å². The van der Waals surface area contributed by atoms with Crippen molar-refractivity contribution in [2.75, 3.05) is 19.0 Å². The van der Waals surface area contributed by atoms with Gasteiger partial charge in [0.2, 0.25) is 5.95 Å². The molecule has 2 aromatic heterocycles. The van der Waals surface area contributed by atoms with E-state index in [0.29, 0.717) is 18.1 Å². The van der Waals surface area contributed by atoms with Crippen LogP contribution < -0.4 is 5.32 Å². The molecule has 0 aromatic carbocycles. The van der Waals surface area contributed by atoms with E-state index in [1.165, 1.54) is 23.2 Å². The summed E-state index contributed by atoms with van der Waals surface area (Å²) in [6, 6.07) is 2.97. The van der Waals surface area contributed by atoms with E-state index in [9.17, 15) is 4.39 Å². The molecule has 1 aliphatic rings. The summed E-state index contributed by atoms with van der Waals surface area (Å²) in [6.07, 6.45) is 4.61. The Morgan fingerprint density at radius 3 is 3.00 bits per heavy atom. The first-order chi connectivity index (χ1) is 8.71. The zero-order valence-electron chi connectivity index (χ0n) is 10.2. The van der Waals surface area contributed by atoms with Crippen LogP contribution in [0.3, 0.4) is 0 Å². The van der Waals surface area contributed by atoms with Crippen molar-refractivity contribution in [3.63, 3.8) is 0 Å². The Morgan fingerprint density at radius 2 is 2.33 bits per heavy atom. The van der Waals surface area contributed by atoms with Crippen LogP contribution in [0, 0.1) is 5.82 Å². The average Bonchev–Trinajstić information content (AvgIpc) is 2.70. The van der Waals surface area contributed by atoms with E-state index in [0.717, 1.165) is 12.8 Å². The van der Waals surface area contributed by atoms with E-state index >= 15 is 0 Å². The van der Waals surface area contributed by atoms with Crippen molar-refractivity contribution >= 4 is 11.6 Å². The van der Waals surface area contributed by atoms with Crippen LogP contribution in [0.5, 0.6) is 0 Å². The summed E-state index contributed by atoms with van der Waals surface area (Å²) < 4.78 is 19.9. The maximum Gasteiger partial charge on any atom is 0.243 e. The Hall–Kier alpha value is -1.69. The fourth-order valence-electron chi connectivity index (χ4n) is 2.20. The van der Waals surface area contributed by atoms with Gasteiger partial charge in [0.25, 0.3) is 0 Å². The number of pyridine rings is 1. The molecule has 2 heterocycles. The lowest BCUT2D eigenvalue weighted by Gasteiger charge is -2.40. The number of ether oxygens (including phenoxy) is 1. The molecule has 1 saturated carbocycles. The predicted molar refractivity (Wildman–Crippen MR) is 65.0 cm³/mol. The van der Waals surface area contributed by atoms with E-state index in [1.807, 2.05) is 0 Å². The minimum Gasteiger partial charge on any atom is -0.376 e. The van der Waals surface area contributed by atoms with Gasteiger partial charge in [0.15, 0.2) is 5.65 Å². The topological polar surface area (TPSA) is 51.5 Å². The van der Waals surface area contributed by atoms with Crippen molar-refractivity contribution in [3.8, 4) is 0 Å². The van der Waals surface area contributed by atoms with Crippen molar-refractivity contribution in [2.24, 2.45) is 0 Å². The van der Waals surface area contributed by atoms with Gasteiger partial charge in [-0.15, -0.1) is 5.10 Å². The van der Waals surface area contributed by atoms with Gasteiger partial charge < -0.3 is 10.1 Å². The molecule has 0 bridgehead atoms. The molecular weight excluding hydrogens is 235 g/mol. The van der Waals surface area contributed by atoms with Crippen LogP contribution in [0.4, 0.5) is 10.3 Å². The molecule has 1 fully saturated rings. The van der Waals surface area contributed by atoms with Gasteiger partial charge in [-0.1, -0.05) is 0 Å². The molecule has 5 nitrogen and oxygen atoms in total.